The average molecular weight is 292 g/mol. The molecule has 0 bridgehead atoms. The van der Waals surface area contributed by atoms with Crippen molar-refractivity contribution in [3.05, 3.63) is 30.3 Å². The molecule has 4 nitrogen and oxygen atoms in total. The second-order valence-corrected chi connectivity index (χ2v) is 6.71. The van der Waals surface area contributed by atoms with E-state index >= 15 is 0 Å². The first-order valence-electron chi connectivity index (χ1n) is 7.45. The number of nitrogens with zero attached hydrogens (tertiary/aromatic N) is 1. The van der Waals surface area contributed by atoms with Crippen LogP contribution < -0.4 is 10.5 Å². The van der Waals surface area contributed by atoms with Crippen LogP contribution in [0.4, 0.5) is 0 Å². The van der Waals surface area contributed by atoms with Crippen molar-refractivity contribution in [1.82, 2.24) is 4.90 Å². The molecule has 1 unspecified atom stereocenters. The van der Waals surface area contributed by atoms with Crippen molar-refractivity contribution in [2.45, 2.75) is 39.7 Å². The monoisotopic (exact) mass is 292 g/mol. The van der Waals surface area contributed by atoms with E-state index in [0.717, 1.165) is 12.2 Å². The number of hydrogen-bond acceptors (Lipinski definition) is 3. The van der Waals surface area contributed by atoms with E-state index in [1.165, 1.54) is 0 Å². The topological polar surface area (TPSA) is 55.6 Å². The Morgan fingerprint density at radius 3 is 2.48 bits per heavy atom. The molecule has 118 valence electrons. The van der Waals surface area contributed by atoms with Crippen molar-refractivity contribution in [2.24, 2.45) is 11.1 Å². The first-order chi connectivity index (χ1) is 9.78. The van der Waals surface area contributed by atoms with Gasteiger partial charge < -0.3 is 15.4 Å². The Kier molecular flexibility index (Phi) is 6.69. The zero-order chi connectivity index (χ0) is 15.9. The van der Waals surface area contributed by atoms with Crippen LogP contribution in [0.1, 0.15) is 33.6 Å². The molecule has 1 rings (SSSR count). The third-order valence-corrected chi connectivity index (χ3v) is 3.18. The van der Waals surface area contributed by atoms with Crippen LogP contribution in [0, 0.1) is 5.41 Å². The lowest BCUT2D eigenvalue weighted by atomic mass is 9.87. The van der Waals surface area contributed by atoms with E-state index in [-0.39, 0.29) is 17.4 Å². The summed E-state index contributed by atoms with van der Waals surface area (Å²) in [6.45, 7) is 7.45. The standard InChI is InChI=1S/C17H28N2O2/c1-17(2,3)13-14(18)12-16(20)19(4)10-11-21-15-8-6-5-7-9-15/h5-9,14H,10-13,18H2,1-4H3. The van der Waals surface area contributed by atoms with Gasteiger partial charge in [-0.15, -0.1) is 0 Å². The molecule has 0 aliphatic heterocycles. The highest BCUT2D eigenvalue weighted by Gasteiger charge is 2.19. The van der Waals surface area contributed by atoms with Crippen LogP contribution in [0.2, 0.25) is 0 Å². The molecule has 2 N–H and O–H groups in total. The highest BCUT2D eigenvalue weighted by molar-refractivity contribution is 5.76. The fourth-order valence-corrected chi connectivity index (χ4v) is 2.18. The van der Waals surface area contributed by atoms with Gasteiger partial charge in [0.25, 0.3) is 0 Å². The SMILES string of the molecule is CN(CCOc1ccccc1)C(=O)CC(N)CC(C)(C)C. The van der Waals surface area contributed by atoms with Crippen molar-refractivity contribution in [2.75, 3.05) is 20.2 Å². The zero-order valence-electron chi connectivity index (χ0n) is 13.6. The van der Waals surface area contributed by atoms with Gasteiger partial charge in [-0.3, -0.25) is 4.79 Å². The van der Waals surface area contributed by atoms with Gasteiger partial charge in [-0.05, 0) is 24.0 Å². The lowest BCUT2D eigenvalue weighted by Gasteiger charge is -2.24. The molecule has 0 aliphatic carbocycles. The number of benzene rings is 1. The third-order valence-electron chi connectivity index (χ3n) is 3.18. The lowest BCUT2D eigenvalue weighted by Crippen LogP contribution is -2.37. The third kappa shape index (κ3) is 7.71. The summed E-state index contributed by atoms with van der Waals surface area (Å²) >= 11 is 0. The van der Waals surface area contributed by atoms with E-state index in [9.17, 15) is 4.79 Å². The Morgan fingerprint density at radius 1 is 1.29 bits per heavy atom. The molecular weight excluding hydrogens is 264 g/mol. The molecule has 0 aromatic heterocycles. The number of para-hydroxylation sites is 1. The number of ether oxygens (including phenoxy) is 1. The van der Waals surface area contributed by atoms with Crippen molar-refractivity contribution in [3.63, 3.8) is 0 Å². The highest BCUT2D eigenvalue weighted by atomic mass is 16.5. The van der Waals surface area contributed by atoms with Crippen LogP contribution in [0.15, 0.2) is 30.3 Å². The maximum Gasteiger partial charge on any atom is 0.223 e. The molecule has 0 fully saturated rings. The summed E-state index contributed by atoms with van der Waals surface area (Å²) in [5.41, 5.74) is 6.19. The van der Waals surface area contributed by atoms with Gasteiger partial charge >= 0.3 is 0 Å². The smallest absolute Gasteiger partial charge is 0.223 e. The molecule has 0 spiro atoms. The Hall–Kier alpha value is -1.55. The summed E-state index contributed by atoms with van der Waals surface area (Å²) in [7, 11) is 1.79. The largest absolute Gasteiger partial charge is 0.492 e. The zero-order valence-corrected chi connectivity index (χ0v) is 13.6. The molecule has 1 amide bonds. The van der Waals surface area contributed by atoms with Gasteiger partial charge in [0, 0.05) is 19.5 Å². The van der Waals surface area contributed by atoms with Crippen LogP contribution in [-0.4, -0.2) is 37.0 Å². The molecule has 21 heavy (non-hydrogen) atoms. The highest BCUT2D eigenvalue weighted by Crippen LogP contribution is 2.21. The van der Waals surface area contributed by atoms with Gasteiger partial charge in [0.2, 0.25) is 5.91 Å². The maximum atomic E-state index is 12.1. The van der Waals surface area contributed by atoms with E-state index in [1.807, 2.05) is 30.3 Å². The minimum absolute atomic E-state index is 0.0726. The van der Waals surface area contributed by atoms with Crippen LogP contribution in [-0.2, 0) is 4.79 Å². The number of nitrogens with two attached hydrogens (primary N) is 1. The van der Waals surface area contributed by atoms with Crippen molar-refractivity contribution in [3.8, 4) is 5.75 Å². The molecule has 1 aromatic carbocycles. The normalized spacial score (nSPS) is 12.8. The van der Waals surface area contributed by atoms with E-state index in [2.05, 4.69) is 20.8 Å². The number of carbonyl (C=O) groups is 1. The van der Waals surface area contributed by atoms with Gasteiger partial charge in [0.15, 0.2) is 0 Å². The van der Waals surface area contributed by atoms with Crippen LogP contribution in [0.3, 0.4) is 0 Å². The minimum atomic E-state index is -0.0880. The Bertz CT molecular complexity index is 426. The molecule has 0 heterocycles. The van der Waals surface area contributed by atoms with E-state index in [0.29, 0.717) is 19.6 Å². The molecule has 1 aromatic rings. The van der Waals surface area contributed by atoms with E-state index < -0.39 is 0 Å². The molecule has 0 radical (unpaired) electrons. The number of carbonyl (C=O) groups excluding carboxylic acids is 1. The van der Waals surface area contributed by atoms with Crippen LogP contribution in [0.25, 0.3) is 0 Å². The molecule has 1 atom stereocenters. The maximum absolute atomic E-state index is 12.1. The second kappa shape index (κ2) is 8.03. The molecule has 0 saturated carbocycles. The van der Waals surface area contributed by atoms with Gasteiger partial charge in [-0.25, -0.2) is 0 Å². The van der Waals surface area contributed by atoms with E-state index in [1.54, 1.807) is 11.9 Å². The Morgan fingerprint density at radius 2 is 1.90 bits per heavy atom. The second-order valence-electron chi connectivity index (χ2n) is 6.71. The first-order valence-corrected chi connectivity index (χ1v) is 7.45. The minimum Gasteiger partial charge on any atom is -0.492 e. The van der Waals surface area contributed by atoms with Gasteiger partial charge in [-0.2, -0.15) is 0 Å². The van der Waals surface area contributed by atoms with E-state index in [4.69, 9.17) is 10.5 Å². The Balaban J connectivity index is 2.28. The van der Waals surface area contributed by atoms with Gasteiger partial charge in [0.05, 0.1) is 6.54 Å². The lowest BCUT2D eigenvalue weighted by molar-refractivity contribution is -0.130. The summed E-state index contributed by atoms with van der Waals surface area (Å²) < 4.78 is 5.59. The van der Waals surface area contributed by atoms with Crippen LogP contribution in [0.5, 0.6) is 5.75 Å². The summed E-state index contributed by atoms with van der Waals surface area (Å²) in [6, 6.07) is 9.52. The quantitative estimate of drug-likeness (QED) is 0.840. The first kappa shape index (κ1) is 17.5. The van der Waals surface area contributed by atoms with Gasteiger partial charge in [0.1, 0.15) is 12.4 Å². The predicted molar refractivity (Wildman–Crippen MR) is 86.2 cm³/mol. The molecular formula is C17H28N2O2. The van der Waals surface area contributed by atoms with Crippen molar-refractivity contribution >= 4 is 5.91 Å². The molecule has 4 heteroatoms. The summed E-state index contributed by atoms with van der Waals surface area (Å²) in [6.07, 6.45) is 1.23. The number of hydrogen-bond donors (Lipinski definition) is 1. The predicted octanol–water partition coefficient (Wildman–Crippen LogP) is 2.68. The number of likely N-dealkylation sites (N-methyl/N-ethyl adjacent to an activating group) is 1. The molecule has 0 aliphatic rings. The van der Waals surface area contributed by atoms with Gasteiger partial charge in [-0.1, -0.05) is 39.0 Å². The summed E-state index contributed by atoms with van der Waals surface area (Å²) in [5.74, 6) is 0.895. The average Bonchev–Trinajstić information content (AvgIpc) is 2.37. The number of amides is 1. The van der Waals surface area contributed by atoms with Crippen LogP contribution >= 0.6 is 0 Å². The molecule has 0 saturated heterocycles. The summed E-state index contributed by atoms with van der Waals surface area (Å²) in [5, 5.41) is 0. The van der Waals surface area contributed by atoms with Crippen molar-refractivity contribution in [1.29, 1.82) is 0 Å². The Labute approximate surface area is 128 Å². The van der Waals surface area contributed by atoms with Crippen molar-refractivity contribution < 1.29 is 9.53 Å². The summed E-state index contributed by atoms with van der Waals surface area (Å²) in [4.78, 5) is 13.8. The fraction of sp³-hybridized carbons (Fsp3) is 0.588. The number of rotatable bonds is 7. The fourth-order valence-electron chi connectivity index (χ4n) is 2.18.